The van der Waals surface area contributed by atoms with Crippen LogP contribution in [-0.2, 0) is 10.4 Å². The molecule has 4 N–H and O–H groups in total. The van der Waals surface area contributed by atoms with Gasteiger partial charge in [0.15, 0.2) is 17.3 Å². The maximum absolute atomic E-state index is 12.7. The van der Waals surface area contributed by atoms with Crippen LogP contribution in [0.2, 0.25) is 0 Å². The number of ether oxygens (including phenoxy) is 1. The number of anilines is 3. The van der Waals surface area contributed by atoms with Crippen LogP contribution in [0.15, 0.2) is 36.4 Å². The molecule has 182 valence electrons. The van der Waals surface area contributed by atoms with Crippen molar-refractivity contribution in [2.75, 3.05) is 24.7 Å². The van der Waals surface area contributed by atoms with E-state index in [1.807, 2.05) is 5.32 Å². The van der Waals surface area contributed by atoms with Crippen molar-refractivity contribution in [3.8, 4) is 17.0 Å². The van der Waals surface area contributed by atoms with Crippen LogP contribution in [0, 0.1) is 5.92 Å². The van der Waals surface area contributed by atoms with E-state index in [1.165, 1.54) is 13.2 Å². The zero-order valence-corrected chi connectivity index (χ0v) is 19.4. The monoisotopic (exact) mass is 480 g/mol. The fourth-order valence-electron chi connectivity index (χ4n) is 3.35. The van der Waals surface area contributed by atoms with Crippen molar-refractivity contribution < 1.29 is 23.5 Å². The number of nitrogens with one attached hydrogen (secondary N) is 3. The predicted octanol–water partition coefficient (Wildman–Crippen LogP) is 2.62. The van der Waals surface area contributed by atoms with Crippen LogP contribution in [0.4, 0.5) is 17.2 Å². The van der Waals surface area contributed by atoms with Crippen molar-refractivity contribution in [2.45, 2.75) is 32.3 Å². The third kappa shape index (κ3) is 5.35. The van der Waals surface area contributed by atoms with Gasteiger partial charge in [-0.1, -0.05) is 6.07 Å². The molecule has 0 spiro atoms. The van der Waals surface area contributed by atoms with Crippen LogP contribution in [0.1, 0.15) is 47.0 Å². The average Bonchev–Trinajstić information content (AvgIpc) is 3.68. The van der Waals surface area contributed by atoms with E-state index < -0.39 is 18.5 Å². The second kappa shape index (κ2) is 9.63. The molecule has 0 bridgehead atoms. The highest BCUT2D eigenvalue weighted by atomic mass is 16.5. The molecule has 1 aromatic carbocycles. The molecule has 35 heavy (non-hydrogen) atoms. The number of benzene rings is 1. The zero-order chi connectivity index (χ0) is 27.7. The van der Waals surface area contributed by atoms with Gasteiger partial charge in [-0.25, -0.2) is 0 Å². The fraction of sp³-hybridized carbons (Fsp3) is 0.333. The van der Waals surface area contributed by atoms with Crippen molar-refractivity contribution in [3.63, 3.8) is 0 Å². The standard InChI is InChI=1S/C24H27N7O4/c1-24(2,34)18-11-10-15(28-29-18)14-6-5-7-16(21(14)35-4)26-17-12-19(27-22(32)13-8-9-13)30-31-20(17)23(33)25-3/h5-7,10-13,34H,8-9H2,1-4H3,(H,25,33)(H2,26,27,30,32)/i3D3. The molecule has 1 fully saturated rings. The first-order valence-electron chi connectivity index (χ1n) is 12.4. The molecule has 4 rings (SSSR count). The summed E-state index contributed by atoms with van der Waals surface area (Å²) < 4.78 is 27.7. The van der Waals surface area contributed by atoms with Gasteiger partial charge >= 0.3 is 0 Å². The Hall–Kier alpha value is -4.12. The van der Waals surface area contributed by atoms with Crippen molar-refractivity contribution in [3.05, 3.63) is 47.8 Å². The summed E-state index contributed by atoms with van der Waals surface area (Å²) in [5, 5.41) is 33.9. The van der Waals surface area contributed by atoms with Gasteiger partial charge in [-0.15, -0.1) is 10.2 Å². The van der Waals surface area contributed by atoms with Crippen molar-refractivity contribution in [1.29, 1.82) is 0 Å². The van der Waals surface area contributed by atoms with Gasteiger partial charge in [-0.2, -0.15) is 10.2 Å². The molecule has 1 aliphatic rings. The minimum absolute atomic E-state index is 0.0896. The molecule has 0 aliphatic heterocycles. The van der Waals surface area contributed by atoms with Gasteiger partial charge in [0.2, 0.25) is 5.91 Å². The summed E-state index contributed by atoms with van der Waals surface area (Å²) in [5.41, 5.74) is 0.441. The van der Waals surface area contributed by atoms with E-state index in [0.29, 0.717) is 28.4 Å². The fourth-order valence-corrected chi connectivity index (χ4v) is 3.35. The topological polar surface area (TPSA) is 151 Å². The highest BCUT2D eigenvalue weighted by Crippen LogP contribution is 2.38. The van der Waals surface area contributed by atoms with Gasteiger partial charge in [0.05, 0.1) is 29.9 Å². The minimum atomic E-state index is -2.75. The number of aromatic nitrogens is 4. The number of amides is 2. The molecule has 1 aliphatic carbocycles. The van der Waals surface area contributed by atoms with E-state index in [-0.39, 0.29) is 29.0 Å². The Morgan fingerprint density at radius 3 is 2.54 bits per heavy atom. The summed E-state index contributed by atoms with van der Waals surface area (Å²) in [4.78, 5) is 24.9. The molecule has 11 nitrogen and oxygen atoms in total. The van der Waals surface area contributed by atoms with Crippen LogP contribution in [0.5, 0.6) is 5.75 Å². The summed E-state index contributed by atoms with van der Waals surface area (Å²) in [6.07, 6.45) is 1.57. The normalized spacial score (nSPS) is 14.8. The number of hydrogen-bond acceptors (Lipinski definition) is 9. The van der Waals surface area contributed by atoms with Gasteiger partial charge in [0.25, 0.3) is 5.91 Å². The van der Waals surface area contributed by atoms with Crippen molar-refractivity contribution >= 4 is 29.0 Å². The third-order valence-electron chi connectivity index (χ3n) is 5.38. The second-order valence-corrected chi connectivity index (χ2v) is 8.58. The third-order valence-corrected chi connectivity index (χ3v) is 5.38. The second-order valence-electron chi connectivity index (χ2n) is 8.58. The lowest BCUT2D eigenvalue weighted by atomic mass is 10.0. The maximum atomic E-state index is 12.7. The number of rotatable bonds is 8. The molecule has 1 saturated carbocycles. The Bertz CT molecular complexity index is 1350. The molecule has 0 radical (unpaired) electrons. The molecule has 2 aromatic heterocycles. The number of carbonyl (C=O) groups is 2. The highest BCUT2D eigenvalue weighted by molar-refractivity contribution is 6.00. The molecule has 2 heterocycles. The van der Waals surface area contributed by atoms with Gasteiger partial charge in [0.1, 0.15) is 5.60 Å². The van der Waals surface area contributed by atoms with Crippen LogP contribution in [-0.4, -0.2) is 51.4 Å². The minimum Gasteiger partial charge on any atom is -0.494 e. The molecule has 0 saturated heterocycles. The number of para-hydroxylation sites is 1. The van der Waals surface area contributed by atoms with E-state index in [1.54, 1.807) is 44.2 Å². The first-order valence-corrected chi connectivity index (χ1v) is 10.9. The Kier molecular flexibility index (Phi) is 5.58. The van der Waals surface area contributed by atoms with E-state index in [0.717, 1.165) is 12.8 Å². The molecule has 3 aromatic rings. The largest absolute Gasteiger partial charge is 0.494 e. The average molecular weight is 481 g/mol. The quantitative estimate of drug-likeness (QED) is 0.381. The van der Waals surface area contributed by atoms with Gasteiger partial charge in [0, 0.05) is 28.6 Å². The van der Waals surface area contributed by atoms with E-state index >= 15 is 0 Å². The Labute approximate surface area is 206 Å². The summed E-state index contributed by atoms with van der Waals surface area (Å²) in [5.74, 6) is -0.841. The summed E-state index contributed by atoms with van der Waals surface area (Å²) in [7, 11) is 1.46. The maximum Gasteiger partial charge on any atom is 0.273 e. The molecule has 11 heteroatoms. The van der Waals surface area contributed by atoms with Crippen molar-refractivity contribution in [2.24, 2.45) is 5.92 Å². The number of nitrogens with zero attached hydrogens (tertiary/aromatic N) is 4. The first kappa shape index (κ1) is 20.3. The van der Waals surface area contributed by atoms with Gasteiger partial charge in [-0.3, -0.25) is 9.59 Å². The number of carbonyl (C=O) groups excluding carboxylic acids is 2. The van der Waals surface area contributed by atoms with Crippen LogP contribution < -0.4 is 20.7 Å². The van der Waals surface area contributed by atoms with Gasteiger partial charge < -0.3 is 25.8 Å². The number of methoxy groups -OCH3 is 1. The smallest absolute Gasteiger partial charge is 0.273 e. The van der Waals surface area contributed by atoms with Gasteiger partial charge in [-0.05, 0) is 51.0 Å². The summed E-state index contributed by atoms with van der Waals surface area (Å²) in [6, 6.07) is 9.89. The predicted molar refractivity (Wildman–Crippen MR) is 129 cm³/mol. The first-order chi connectivity index (χ1) is 17.9. The Morgan fingerprint density at radius 1 is 1.11 bits per heavy atom. The van der Waals surface area contributed by atoms with Crippen LogP contribution in [0.25, 0.3) is 11.3 Å². The number of aliphatic hydroxyl groups is 1. The lowest BCUT2D eigenvalue weighted by Crippen LogP contribution is -2.22. The molecule has 0 atom stereocenters. The molecule has 2 amide bonds. The SMILES string of the molecule is [2H]C([2H])([2H])NC(=O)c1nnc(NC(=O)C2CC2)cc1Nc1cccc(-c2ccc(C(C)(C)O)nn2)c1OC. The summed E-state index contributed by atoms with van der Waals surface area (Å²) in [6.45, 7) is 0.457. The highest BCUT2D eigenvalue weighted by Gasteiger charge is 2.30. The lowest BCUT2D eigenvalue weighted by Gasteiger charge is -2.18. The van der Waals surface area contributed by atoms with E-state index in [4.69, 9.17) is 8.85 Å². The van der Waals surface area contributed by atoms with Crippen LogP contribution >= 0.6 is 0 Å². The lowest BCUT2D eigenvalue weighted by molar-refractivity contribution is -0.117. The van der Waals surface area contributed by atoms with Crippen LogP contribution in [0.3, 0.4) is 0 Å². The Balaban J connectivity index is 1.71. The van der Waals surface area contributed by atoms with E-state index in [9.17, 15) is 14.7 Å². The number of hydrogen-bond donors (Lipinski definition) is 4. The Morgan fingerprint density at radius 2 is 1.91 bits per heavy atom. The zero-order valence-electron chi connectivity index (χ0n) is 22.4. The molecular weight excluding hydrogens is 450 g/mol. The van der Waals surface area contributed by atoms with E-state index in [2.05, 4.69) is 31.0 Å². The molecular formula is C24H27N7O4. The molecule has 0 unspecified atom stereocenters. The summed E-state index contributed by atoms with van der Waals surface area (Å²) >= 11 is 0. The van der Waals surface area contributed by atoms with Crippen molar-refractivity contribution in [1.82, 2.24) is 25.7 Å².